The minimum atomic E-state index is -0.546. The van der Waals surface area contributed by atoms with Crippen LogP contribution in [-0.4, -0.2) is 6.61 Å². The van der Waals surface area contributed by atoms with Crippen LogP contribution in [0.25, 0.3) is 0 Å². The van der Waals surface area contributed by atoms with E-state index in [1.807, 2.05) is 0 Å². The Kier molecular flexibility index (Phi) is 4.66. The lowest BCUT2D eigenvalue weighted by atomic mass is 10.1. The van der Waals surface area contributed by atoms with E-state index < -0.39 is 17.5 Å². The van der Waals surface area contributed by atoms with Gasteiger partial charge in [0.15, 0.2) is 11.6 Å². The van der Waals surface area contributed by atoms with Gasteiger partial charge in [-0.1, -0.05) is 12.1 Å². The zero-order valence-corrected chi connectivity index (χ0v) is 11.1. The van der Waals surface area contributed by atoms with Crippen LogP contribution < -0.4 is 4.74 Å². The van der Waals surface area contributed by atoms with Crippen LogP contribution in [0.2, 0.25) is 0 Å². The summed E-state index contributed by atoms with van der Waals surface area (Å²) in [5.74, 6) is -1.32. The maximum atomic E-state index is 13.3. The largest absolute Gasteiger partial charge is 0.491 e. The molecule has 0 aliphatic rings. The number of hydrogen-bond donors (Lipinski definition) is 0. The molecule has 0 aromatic heterocycles. The van der Waals surface area contributed by atoms with Crippen LogP contribution in [0.1, 0.15) is 17.5 Å². The number of para-hydroxylation sites is 1. The molecule has 0 bridgehead atoms. The lowest BCUT2D eigenvalue weighted by Gasteiger charge is -2.08. The van der Waals surface area contributed by atoms with Crippen molar-refractivity contribution in [2.75, 3.05) is 6.61 Å². The van der Waals surface area contributed by atoms with Crippen molar-refractivity contribution in [2.24, 2.45) is 0 Å². The average Bonchev–Trinajstić information content (AvgIpc) is 2.42. The van der Waals surface area contributed by atoms with Gasteiger partial charge < -0.3 is 4.74 Å². The predicted molar refractivity (Wildman–Crippen MR) is 71.3 cm³/mol. The smallest absolute Gasteiger partial charge is 0.165 e. The first-order chi connectivity index (χ1) is 9.58. The molecule has 0 amide bonds. The van der Waals surface area contributed by atoms with E-state index in [4.69, 9.17) is 4.74 Å². The summed E-state index contributed by atoms with van der Waals surface area (Å²) in [6, 6.07) is 8.77. The number of benzene rings is 2. The first kappa shape index (κ1) is 14.4. The second-order valence-electron chi connectivity index (χ2n) is 4.57. The summed E-state index contributed by atoms with van der Waals surface area (Å²) >= 11 is 0. The van der Waals surface area contributed by atoms with Crippen molar-refractivity contribution in [1.82, 2.24) is 0 Å². The Morgan fingerprint density at radius 3 is 2.25 bits per heavy atom. The molecule has 0 spiro atoms. The summed E-state index contributed by atoms with van der Waals surface area (Å²) in [7, 11) is 0. The van der Waals surface area contributed by atoms with Crippen molar-refractivity contribution < 1.29 is 17.9 Å². The molecule has 106 valence electrons. The van der Waals surface area contributed by atoms with Crippen molar-refractivity contribution in [2.45, 2.75) is 19.8 Å². The molecule has 0 radical (unpaired) electrons. The molecule has 0 aliphatic heterocycles. The molecule has 2 rings (SSSR count). The maximum absolute atomic E-state index is 13.3. The lowest BCUT2D eigenvalue weighted by molar-refractivity contribution is 0.295. The Morgan fingerprint density at radius 2 is 1.60 bits per heavy atom. The van der Waals surface area contributed by atoms with E-state index in [0.29, 0.717) is 18.4 Å². The van der Waals surface area contributed by atoms with Gasteiger partial charge in [-0.15, -0.1) is 0 Å². The Balaban J connectivity index is 1.86. The topological polar surface area (TPSA) is 9.23 Å². The molecule has 20 heavy (non-hydrogen) atoms. The van der Waals surface area contributed by atoms with Gasteiger partial charge in [-0.25, -0.2) is 13.2 Å². The van der Waals surface area contributed by atoms with Gasteiger partial charge in [-0.2, -0.15) is 0 Å². The minimum Gasteiger partial charge on any atom is -0.491 e. The van der Waals surface area contributed by atoms with Crippen LogP contribution >= 0.6 is 0 Å². The minimum absolute atomic E-state index is 0.0244. The van der Waals surface area contributed by atoms with E-state index in [2.05, 4.69) is 0 Å². The molecule has 0 saturated carbocycles. The molecular formula is C16H15F3O. The van der Waals surface area contributed by atoms with Crippen LogP contribution in [0.4, 0.5) is 13.2 Å². The second kappa shape index (κ2) is 6.46. The fourth-order valence-corrected chi connectivity index (χ4v) is 1.86. The van der Waals surface area contributed by atoms with Gasteiger partial charge in [0.1, 0.15) is 11.6 Å². The first-order valence-electron chi connectivity index (χ1n) is 6.40. The van der Waals surface area contributed by atoms with Crippen molar-refractivity contribution in [3.05, 3.63) is 65.0 Å². The van der Waals surface area contributed by atoms with Gasteiger partial charge in [0.05, 0.1) is 6.61 Å². The third-order valence-electron chi connectivity index (χ3n) is 3.04. The molecule has 2 aromatic carbocycles. The van der Waals surface area contributed by atoms with Crippen molar-refractivity contribution in [3.63, 3.8) is 0 Å². The van der Waals surface area contributed by atoms with E-state index in [9.17, 15) is 13.2 Å². The van der Waals surface area contributed by atoms with E-state index in [1.54, 1.807) is 18.2 Å². The van der Waals surface area contributed by atoms with Gasteiger partial charge in [-0.05, 0) is 49.6 Å². The van der Waals surface area contributed by atoms with Gasteiger partial charge >= 0.3 is 0 Å². The zero-order valence-electron chi connectivity index (χ0n) is 11.1. The van der Waals surface area contributed by atoms with Gasteiger partial charge in [-0.3, -0.25) is 0 Å². The van der Waals surface area contributed by atoms with Crippen molar-refractivity contribution >= 4 is 0 Å². The van der Waals surface area contributed by atoms with E-state index >= 15 is 0 Å². The first-order valence-corrected chi connectivity index (χ1v) is 6.40. The van der Waals surface area contributed by atoms with Crippen LogP contribution in [-0.2, 0) is 6.42 Å². The summed E-state index contributed by atoms with van der Waals surface area (Å²) in [6.07, 6.45) is 1.03. The second-order valence-corrected chi connectivity index (χ2v) is 4.57. The van der Waals surface area contributed by atoms with E-state index in [-0.39, 0.29) is 17.9 Å². The number of ether oxygens (including phenoxy) is 1. The fraction of sp³-hybridized carbons (Fsp3) is 0.250. The van der Waals surface area contributed by atoms with Crippen LogP contribution in [0.5, 0.6) is 5.75 Å². The predicted octanol–water partition coefficient (Wildman–Crippen LogP) is 4.42. The Labute approximate surface area is 116 Å². The molecule has 0 saturated heterocycles. The molecule has 0 fully saturated rings. The van der Waals surface area contributed by atoms with Crippen LogP contribution in [0.3, 0.4) is 0 Å². The summed E-state index contributed by atoms with van der Waals surface area (Å²) in [5, 5.41) is 0. The molecule has 0 atom stereocenters. The number of halogens is 3. The molecule has 0 aliphatic carbocycles. The molecule has 1 nitrogen and oxygen atoms in total. The Morgan fingerprint density at radius 1 is 0.950 bits per heavy atom. The monoisotopic (exact) mass is 280 g/mol. The highest BCUT2D eigenvalue weighted by molar-refractivity contribution is 5.25. The summed E-state index contributed by atoms with van der Waals surface area (Å²) < 4.78 is 45.2. The highest BCUT2D eigenvalue weighted by Crippen LogP contribution is 2.17. The molecule has 4 heteroatoms. The molecule has 0 heterocycles. The van der Waals surface area contributed by atoms with Crippen molar-refractivity contribution in [1.29, 1.82) is 0 Å². The number of aryl methyl sites for hydroxylation is 1. The third-order valence-corrected chi connectivity index (χ3v) is 3.04. The number of hydrogen-bond acceptors (Lipinski definition) is 1. The summed E-state index contributed by atoms with van der Waals surface area (Å²) in [4.78, 5) is 0. The zero-order chi connectivity index (χ0) is 14.5. The summed E-state index contributed by atoms with van der Waals surface area (Å²) in [5.41, 5.74) is 0.596. The molecule has 0 N–H and O–H groups in total. The van der Waals surface area contributed by atoms with Gasteiger partial charge in [0.2, 0.25) is 0 Å². The van der Waals surface area contributed by atoms with E-state index in [0.717, 1.165) is 0 Å². The van der Waals surface area contributed by atoms with E-state index in [1.165, 1.54) is 25.1 Å². The Bertz CT molecular complexity index is 573. The van der Waals surface area contributed by atoms with Gasteiger partial charge in [0, 0.05) is 5.56 Å². The molecular weight excluding hydrogens is 265 g/mol. The maximum Gasteiger partial charge on any atom is 0.165 e. The Hall–Kier alpha value is -1.97. The summed E-state index contributed by atoms with van der Waals surface area (Å²) in [6.45, 7) is 1.69. The SMILES string of the molecule is Cc1c(F)cc(CCCOc2ccccc2F)cc1F. The lowest BCUT2D eigenvalue weighted by Crippen LogP contribution is -2.02. The van der Waals surface area contributed by atoms with Crippen LogP contribution in [0.15, 0.2) is 36.4 Å². The van der Waals surface area contributed by atoms with Crippen LogP contribution in [0, 0.1) is 24.4 Å². The highest BCUT2D eigenvalue weighted by atomic mass is 19.1. The molecule has 0 unspecified atom stereocenters. The fourth-order valence-electron chi connectivity index (χ4n) is 1.86. The molecule has 2 aromatic rings. The van der Waals surface area contributed by atoms with Crippen molar-refractivity contribution in [3.8, 4) is 5.75 Å². The quantitative estimate of drug-likeness (QED) is 0.736. The standard InChI is InChI=1S/C16H15F3O/c1-11-14(18)9-12(10-15(11)19)5-4-8-20-16-7-3-2-6-13(16)17/h2-3,6-7,9-10H,4-5,8H2,1H3. The normalized spacial score (nSPS) is 10.6. The number of rotatable bonds is 5. The average molecular weight is 280 g/mol. The third kappa shape index (κ3) is 3.53. The van der Waals surface area contributed by atoms with Gasteiger partial charge in [0.25, 0.3) is 0 Å². The highest BCUT2D eigenvalue weighted by Gasteiger charge is 2.07.